The number of anilines is 1. The predicted molar refractivity (Wildman–Crippen MR) is 133 cm³/mol. The van der Waals surface area contributed by atoms with Crippen molar-refractivity contribution in [2.24, 2.45) is 11.8 Å². The van der Waals surface area contributed by atoms with Crippen molar-refractivity contribution in [2.45, 2.75) is 30.4 Å². The smallest absolute Gasteiger partial charge is 0.236 e. The van der Waals surface area contributed by atoms with Gasteiger partial charge in [0.25, 0.3) is 0 Å². The van der Waals surface area contributed by atoms with Gasteiger partial charge in [0.2, 0.25) is 15.9 Å². The number of rotatable bonds is 6. The van der Waals surface area contributed by atoms with Crippen molar-refractivity contribution in [2.75, 3.05) is 18.4 Å². The fourth-order valence-corrected chi connectivity index (χ4v) is 7.25. The summed E-state index contributed by atoms with van der Waals surface area (Å²) >= 11 is 5.96. The molecule has 5 rings (SSSR count). The molecule has 8 nitrogen and oxygen atoms in total. The van der Waals surface area contributed by atoms with E-state index in [1.165, 1.54) is 43.7 Å². The van der Waals surface area contributed by atoms with E-state index in [0.29, 0.717) is 31.4 Å². The highest BCUT2D eigenvalue weighted by atomic mass is 35.5. The third kappa shape index (κ3) is 5.02. The average molecular weight is 552 g/mol. The topological polar surface area (TPSA) is 111 Å². The number of hydrogen-bond acceptors (Lipinski definition) is 6. The van der Waals surface area contributed by atoms with Gasteiger partial charge in [-0.3, -0.25) is 9.52 Å². The Balaban J connectivity index is 1.44. The van der Waals surface area contributed by atoms with Gasteiger partial charge < -0.3 is 14.6 Å². The van der Waals surface area contributed by atoms with Crippen LogP contribution >= 0.6 is 11.6 Å². The summed E-state index contributed by atoms with van der Waals surface area (Å²) in [4.78, 5) is 13.1. The molecule has 196 valence electrons. The van der Waals surface area contributed by atoms with Crippen LogP contribution < -0.4 is 14.8 Å². The number of sulfonamides is 1. The largest absolute Gasteiger partial charge is 0.496 e. The van der Waals surface area contributed by atoms with E-state index in [-0.39, 0.29) is 45.5 Å². The van der Waals surface area contributed by atoms with Crippen LogP contribution in [-0.2, 0) is 14.8 Å². The van der Waals surface area contributed by atoms with E-state index in [0.717, 1.165) is 6.07 Å². The van der Waals surface area contributed by atoms with Gasteiger partial charge in [0, 0.05) is 28.8 Å². The summed E-state index contributed by atoms with van der Waals surface area (Å²) in [7, 11) is -2.31. The molecule has 2 aromatic carbocycles. The van der Waals surface area contributed by atoms with Gasteiger partial charge in [0.05, 0.1) is 18.3 Å². The Hall–Kier alpha value is -3.18. The predicted octanol–water partition coefficient (Wildman–Crippen LogP) is 4.72. The number of carbonyl (C=O) groups is 1. The highest BCUT2D eigenvalue weighted by Gasteiger charge is 2.46. The number of halogens is 3. The Bertz CT molecular complexity index is 1410. The van der Waals surface area contributed by atoms with Gasteiger partial charge in [-0.15, -0.1) is 0 Å². The number of nitrogens with zero attached hydrogens (tertiary/aromatic N) is 1. The maximum absolute atomic E-state index is 15.4. The van der Waals surface area contributed by atoms with Crippen LogP contribution in [0.2, 0.25) is 5.02 Å². The second-order valence-electron chi connectivity index (χ2n) is 9.35. The van der Waals surface area contributed by atoms with Gasteiger partial charge in [0.1, 0.15) is 23.6 Å². The first-order valence-corrected chi connectivity index (χ1v) is 13.6. The molecule has 4 atom stereocenters. The van der Waals surface area contributed by atoms with Gasteiger partial charge >= 0.3 is 0 Å². The molecular formula is C25H24ClF2N3O5S. The van der Waals surface area contributed by atoms with Crippen LogP contribution in [-0.4, -0.2) is 38.4 Å². The van der Waals surface area contributed by atoms with E-state index in [1.54, 1.807) is 0 Å². The van der Waals surface area contributed by atoms with Crippen LogP contribution in [0.5, 0.6) is 5.75 Å². The molecule has 2 fully saturated rings. The molecule has 4 unspecified atom stereocenters. The molecule has 2 heterocycles. The SMILES string of the molecule is COc1cc(-c2cc(F)cc(Cl)c2)c(F)cc1C1C(=O)NCC2CC(S(=O)(=O)Nc3ccon3)CCC21. The Morgan fingerprint density at radius 3 is 2.70 bits per heavy atom. The average Bonchev–Trinajstić information content (AvgIpc) is 3.35. The minimum absolute atomic E-state index is 0.0866. The van der Waals surface area contributed by atoms with Crippen molar-refractivity contribution < 1.29 is 31.3 Å². The Labute approximate surface area is 217 Å². The van der Waals surface area contributed by atoms with Crippen molar-refractivity contribution in [1.82, 2.24) is 10.5 Å². The van der Waals surface area contributed by atoms with E-state index < -0.39 is 32.8 Å². The Morgan fingerprint density at radius 1 is 1.19 bits per heavy atom. The maximum atomic E-state index is 15.4. The highest BCUT2D eigenvalue weighted by molar-refractivity contribution is 7.93. The zero-order valence-electron chi connectivity index (χ0n) is 19.7. The zero-order chi connectivity index (χ0) is 26.3. The fourth-order valence-electron chi connectivity index (χ4n) is 5.52. The van der Waals surface area contributed by atoms with E-state index in [1.807, 2.05) is 0 Å². The van der Waals surface area contributed by atoms with Crippen LogP contribution in [0.4, 0.5) is 14.6 Å². The third-order valence-electron chi connectivity index (χ3n) is 7.19. The molecule has 1 aromatic heterocycles. The molecule has 1 amide bonds. The van der Waals surface area contributed by atoms with Crippen molar-refractivity contribution in [3.05, 3.63) is 64.9 Å². The highest BCUT2D eigenvalue weighted by Crippen LogP contribution is 2.47. The molecule has 2 aliphatic rings. The van der Waals surface area contributed by atoms with Crippen molar-refractivity contribution in [3.8, 4) is 16.9 Å². The molecule has 12 heteroatoms. The lowest BCUT2D eigenvalue weighted by Crippen LogP contribution is -2.50. The number of benzene rings is 2. The number of methoxy groups -OCH3 is 1. The molecule has 3 aromatic rings. The van der Waals surface area contributed by atoms with Gasteiger partial charge in [-0.05, 0) is 67.0 Å². The number of amides is 1. The van der Waals surface area contributed by atoms with Crippen LogP contribution in [0.3, 0.4) is 0 Å². The molecule has 0 spiro atoms. The summed E-state index contributed by atoms with van der Waals surface area (Å²) in [6.45, 7) is 0.320. The first-order chi connectivity index (χ1) is 17.7. The molecule has 1 aliphatic heterocycles. The fraction of sp³-hybridized carbons (Fsp3) is 0.360. The number of fused-ring (bicyclic) bond motifs is 1. The number of ether oxygens (including phenoxy) is 1. The first-order valence-electron chi connectivity index (χ1n) is 11.7. The van der Waals surface area contributed by atoms with Gasteiger partial charge in [0.15, 0.2) is 5.82 Å². The number of aromatic nitrogens is 1. The number of carbonyl (C=O) groups excluding carboxylic acids is 1. The minimum atomic E-state index is -3.73. The number of nitrogens with one attached hydrogen (secondary N) is 2. The van der Waals surface area contributed by atoms with Crippen LogP contribution in [0.15, 0.2) is 47.2 Å². The lowest BCUT2D eigenvalue weighted by atomic mass is 9.67. The van der Waals surface area contributed by atoms with Crippen LogP contribution in [0.25, 0.3) is 11.1 Å². The van der Waals surface area contributed by atoms with E-state index in [9.17, 15) is 17.6 Å². The normalized spacial score (nSPS) is 23.7. The second-order valence-corrected chi connectivity index (χ2v) is 11.7. The first kappa shape index (κ1) is 25.5. The van der Waals surface area contributed by atoms with Gasteiger partial charge in [-0.1, -0.05) is 16.8 Å². The van der Waals surface area contributed by atoms with Gasteiger partial charge in [-0.25, -0.2) is 17.2 Å². The minimum Gasteiger partial charge on any atom is -0.496 e. The molecule has 1 saturated heterocycles. The molecule has 1 aliphatic carbocycles. The van der Waals surface area contributed by atoms with E-state index in [2.05, 4.69) is 15.2 Å². The molecule has 2 N–H and O–H groups in total. The van der Waals surface area contributed by atoms with Crippen LogP contribution in [0, 0.1) is 23.5 Å². The molecule has 37 heavy (non-hydrogen) atoms. The van der Waals surface area contributed by atoms with Gasteiger partial charge in [-0.2, -0.15) is 0 Å². The maximum Gasteiger partial charge on any atom is 0.236 e. The van der Waals surface area contributed by atoms with E-state index in [4.69, 9.17) is 20.9 Å². The zero-order valence-corrected chi connectivity index (χ0v) is 21.3. The quantitative estimate of drug-likeness (QED) is 0.458. The molecular weight excluding hydrogens is 528 g/mol. The Kier molecular flexibility index (Phi) is 6.84. The standard InChI is InChI=1S/C25H24ClF2N3O5S/c1-35-22-11-19(13-6-15(26)9-16(27)7-13)21(28)10-20(22)24-18-3-2-17(8-14(18)12-29-25(24)32)37(33,34)31-23-4-5-36-30-23/h4-7,9-11,14,17-18,24H,2-3,8,12H2,1H3,(H,29,32)(H,30,31). The van der Waals surface area contributed by atoms with Crippen molar-refractivity contribution in [3.63, 3.8) is 0 Å². The van der Waals surface area contributed by atoms with Crippen molar-refractivity contribution in [1.29, 1.82) is 0 Å². The lowest BCUT2D eigenvalue weighted by Gasteiger charge is -2.43. The summed E-state index contributed by atoms with van der Waals surface area (Å²) < 4.78 is 67.8. The lowest BCUT2D eigenvalue weighted by molar-refractivity contribution is -0.127. The summed E-state index contributed by atoms with van der Waals surface area (Å²) in [6, 6.07) is 7.84. The monoisotopic (exact) mass is 551 g/mol. The summed E-state index contributed by atoms with van der Waals surface area (Å²) in [5.41, 5.74) is 0.688. The number of piperidine rings is 1. The number of hydrogen-bond donors (Lipinski definition) is 2. The summed E-state index contributed by atoms with van der Waals surface area (Å²) in [5, 5.41) is 5.90. The summed E-state index contributed by atoms with van der Waals surface area (Å²) in [5.74, 6) is -2.25. The molecule has 0 bridgehead atoms. The van der Waals surface area contributed by atoms with E-state index >= 15 is 4.39 Å². The van der Waals surface area contributed by atoms with Crippen LogP contribution in [0.1, 0.15) is 30.7 Å². The summed E-state index contributed by atoms with van der Waals surface area (Å²) in [6.07, 6.45) is 2.36. The third-order valence-corrected chi connectivity index (χ3v) is 9.21. The molecule has 0 radical (unpaired) electrons. The van der Waals surface area contributed by atoms with Crippen molar-refractivity contribution >= 4 is 33.3 Å². The second kappa shape index (κ2) is 9.94. The molecule has 1 saturated carbocycles. The Morgan fingerprint density at radius 2 is 2.00 bits per heavy atom.